The van der Waals surface area contributed by atoms with Crippen LogP contribution >= 0.6 is 0 Å². The molecule has 0 radical (unpaired) electrons. The van der Waals surface area contributed by atoms with Crippen molar-refractivity contribution in [1.82, 2.24) is 0 Å². The second kappa shape index (κ2) is 5.30. The van der Waals surface area contributed by atoms with Gasteiger partial charge in [-0.1, -0.05) is 0 Å². The summed E-state index contributed by atoms with van der Waals surface area (Å²) in [5, 5.41) is 0. The molecule has 0 unspecified atom stereocenters. The highest BCUT2D eigenvalue weighted by atomic mass is 19.1. The second-order valence-electron chi connectivity index (χ2n) is 4.12. The van der Waals surface area contributed by atoms with Gasteiger partial charge in [-0.3, -0.25) is 0 Å². The SMILES string of the molecule is CCN(CC)c1cc(C)c(F)cc1[C@@H](C)N. The molecule has 3 heteroatoms. The van der Waals surface area contributed by atoms with Gasteiger partial charge in [0, 0.05) is 24.8 Å². The molecule has 0 fully saturated rings. The molecule has 0 saturated carbocycles. The second-order valence-corrected chi connectivity index (χ2v) is 4.12. The summed E-state index contributed by atoms with van der Waals surface area (Å²) in [4.78, 5) is 2.20. The first-order valence-electron chi connectivity index (χ1n) is 5.81. The molecule has 0 aliphatic carbocycles. The van der Waals surface area contributed by atoms with Gasteiger partial charge in [0.1, 0.15) is 5.82 Å². The topological polar surface area (TPSA) is 29.3 Å². The summed E-state index contributed by atoms with van der Waals surface area (Å²) in [6, 6.07) is 3.31. The normalized spacial score (nSPS) is 12.6. The van der Waals surface area contributed by atoms with Gasteiger partial charge in [-0.2, -0.15) is 0 Å². The lowest BCUT2D eigenvalue weighted by molar-refractivity contribution is 0.612. The fourth-order valence-electron chi connectivity index (χ4n) is 1.88. The van der Waals surface area contributed by atoms with Crippen molar-refractivity contribution in [2.75, 3.05) is 18.0 Å². The predicted octanol–water partition coefficient (Wildman–Crippen LogP) is 3.00. The monoisotopic (exact) mass is 224 g/mol. The lowest BCUT2D eigenvalue weighted by Crippen LogP contribution is -2.25. The van der Waals surface area contributed by atoms with Crippen LogP contribution in [0, 0.1) is 12.7 Å². The number of benzene rings is 1. The zero-order chi connectivity index (χ0) is 12.3. The van der Waals surface area contributed by atoms with E-state index in [0.717, 1.165) is 24.3 Å². The number of nitrogens with zero attached hydrogens (tertiary/aromatic N) is 1. The standard InChI is InChI=1S/C13H21FN2/c1-5-16(6-2)13-7-9(3)12(14)8-11(13)10(4)15/h7-8,10H,5-6,15H2,1-4H3/t10-/m1/s1. The molecule has 1 aromatic carbocycles. The van der Waals surface area contributed by atoms with Gasteiger partial charge in [0.15, 0.2) is 0 Å². The number of rotatable bonds is 4. The van der Waals surface area contributed by atoms with E-state index < -0.39 is 0 Å². The summed E-state index contributed by atoms with van der Waals surface area (Å²) in [6.45, 7) is 9.66. The molecule has 16 heavy (non-hydrogen) atoms. The van der Waals surface area contributed by atoms with Crippen LogP contribution in [0.2, 0.25) is 0 Å². The Kier molecular flexibility index (Phi) is 4.30. The Hall–Kier alpha value is -1.09. The zero-order valence-electron chi connectivity index (χ0n) is 10.5. The Morgan fingerprint density at radius 1 is 1.31 bits per heavy atom. The number of hydrogen-bond donors (Lipinski definition) is 1. The van der Waals surface area contributed by atoms with E-state index >= 15 is 0 Å². The predicted molar refractivity (Wildman–Crippen MR) is 67.3 cm³/mol. The van der Waals surface area contributed by atoms with Gasteiger partial charge in [-0.05, 0) is 51.0 Å². The maximum atomic E-state index is 13.5. The molecule has 0 heterocycles. The molecule has 1 atom stereocenters. The van der Waals surface area contributed by atoms with Gasteiger partial charge < -0.3 is 10.6 Å². The van der Waals surface area contributed by atoms with Crippen molar-refractivity contribution in [2.45, 2.75) is 33.7 Å². The van der Waals surface area contributed by atoms with Gasteiger partial charge in [0.2, 0.25) is 0 Å². The van der Waals surface area contributed by atoms with Crippen LogP contribution < -0.4 is 10.6 Å². The highest BCUT2D eigenvalue weighted by Crippen LogP contribution is 2.28. The number of aryl methyl sites for hydroxylation is 1. The molecule has 0 aliphatic heterocycles. The third-order valence-electron chi connectivity index (χ3n) is 2.90. The Bertz CT molecular complexity index is 357. The first-order chi connectivity index (χ1) is 7.51. The maximum absolute atomic E-state index is 13.5. The van der Waals surface area contributed by atoms with Crippen molar-refractivity contribution >= 4 is 5.69 Å². The van der Waals surface area contributed by atoms with Crippen LogP contribution in [0.1, 0.15) is 37.9 Å². The van der Waals surface area contributed by atoms with Gasteiger partial charge in [-0.25, -0.2) is 4.39 Å². The fraction of sp³-hybridized carbons (Fsp3) is 0.538. The molecule has 1 rings (SSSR count). The van der Waals surface area contributed by atoms with Gasteiger partial charge in [-0.15, -0.1) is 0 Å². The smallest absolute Gasteiger partial charge is 0.126 e. The minimum Gasteiger partial charge on any atom is -0.372 e. The van der Waals surface area contributed by atoms with E-state index in [-0.39, 0.29) is 11.9 Å². The van der Waals surface area contributed by atoms with Crippen LogP contribution in [0.15, 0.2) is 12.1 Å². The van der Waals surface area contributed by atoms with E-state index in [1.54, 1.807) is 13.0 Å². The summed E-state index contributed by atoms with van der Waals surface area (Å²) in [7, 11) is 0. The van der Waals surface area contributed by atoms with E-state index in [1.165, 1.54) is 0 Å². The molecule has 0 amide bonds. The Balaban J connectivity index is 3.29. The van der Waals surface area contributed by atoms with Crippen molar-refractivity contribution in [3.8, 4) is 0 Å². The van der Waals surface area contributed by atoms with Crippen LogP contribution in [0.5, 0.6) is 0 Å². The van der Waals surface area contributed by atoms with E-state index in [1.807, 2.05) is 13.0 Å². The van der Waals surface area contributed by atoms with Crippen molar-refractivity contribution in [3.63, 3.8) is 0 Å². The molecule has 90 valence electrons. The van der Waals surface area contributed by atoms with Crippen molar-refractivity contribution in [1.29, 1.82) is 0 Å². The van der Waals surface area contributed by atoms with Crippen LogP contribution in [0.3, 0.4) is 0 Å². The summed E-state index contributed by atoms with van der Waals surface area (Å²) in [6.07, 6.45) is 0. The number of halogens is 1. The van der Waals surface area contributed by atoms with E-state index in [9.17, 15) is 4.39 Å². The molecule has 2 N–H and O–H groups in total. The molecular formula is C13H21FN2. The Morgan fingerprint density at radius 2 is 1.88 bits per heavy atom. The van der Waals surface area contributed by atoms with Crippen LogP contribution in [-0.2, 0) is 0 Å². The fourth-order valence-corrected chi connectivity index (χ4v) is 1.88. The summed E-state index contributed by atoms with van der Waals surface area (Å²) in [5.74, 6) is -0.178. The van der Waals surface area contributed by atoms with Crippen LogP contribution in [-0.4, -0.2) is 13.1 Å². The molecule has 0 saturated heterocycles. The Labute approximate surface area is 97.3 Å². The lowest BCUT2D eigenvalue weighted by atomic mass is 10.0. The summed E-state index contributed by atoms with van der Waals surface area (Å²) >= 11 is 0. The minimum absolute atomic E-state index is 0.148. The quantitative estimate of drug-likeness (QED) is 0.852. The number of nitrogens with two attached hydrogens (primary N) is 1. The van der Waals surface area contributed by atoms with E-state index in [0.29, 0.717) is 5.56 Å². The number of anilines is 1. The summed E-state index contributed by atoms with van der Waals surface area (Å²) in [5.41, 5.74) is 8.50. The largest absolute Gasteiger partial charge is 0.372 e. The molecule has 0 aliphatic rings. The highest BCUT2D eigenvalue weighted by molar-refractivity contribution is 5.57. The Morgan fingerprint density at radius 3 is 2.31 bits per heavy atom. The summed E-state index contributed by atoms with van der Waals surface area (Å²) < 4.78 is 13.5. The molecule has 2 nitrogen and oxygen atoms in total. The molecule has 0 spiro atoms. The molecule has 1 aromatic rings. The van der Waals surface area contributed by atoms with E-state index in [4.69, 9.17) is 5.73 Å². The highest BCUT2D eigenvalue weighted by Gasteiger charge is 2.14. The number of hydrogen-bond acceptors (Lipinski definition) is 2. The van der Waals surface area contributed by atoms with Gasteiger partial charge in [0.25, 0.3) is 0 Å². The average Bonchev–Trinajstić information content (AvgIpc) is 2.24. The maximum Gasteiger partial charge on any atom is 0.126 e. The minimum atomic E-state index is -0.178. The first kappa shape index (κ1) is 13.0. The zero-order valence-corrected chi connectivity index (χ0v) is 10.5. The third-order valence-corrected chi connectivity index (χ3v) is 2.90. The lowest BCUT2D eigenvalue weighted by Gasteiger charge is -2.26. The molecular weight excluding hydrogens is 203 g/mol. The van der Waals surface area contributed by atoms with Crippen LogP contribution in [0.25, 0.3) is 0 Å². The van der Waals surface area contributed by atoms with Crippen molar-refractivity contribution in [2.24, 2.45) is 5.73 Å². The van der Waals surface area contributed by atoms with Crippen molar-refractivity contribution < 1.29 is 4.39 Å². The molecule has 0 aromatic heterocycles. The average molecular weight is 224 g/mol. The first-order valence-corrected chi connectivity index (χ1v) is 5.81. The van der Waals surface area contributed by atoms with Crippen LogP contribution in [0.4, 0.5) is 10.1 Å². The molecule has 0 bridgehead atoms. The van der Waals surface area contributed by atoms with Crippen molar-refractivity contribution in [3.05, 3.63) is 29.1 Å². The van der Waals surface area contributed by atoms with Gasteiger partial charge in [0.05, 0.1) is 0 Å². The van der Waals surface area contributed by atoms with E-state index in [2.05, 4.69) is 18.7 Å². The van der Waals surface area contributed by atoms with Gasteiger partial charge >= 0.3 is 0 Å². The third kappa shape index (κ3) is 2.53.